The van der Waals surface area contributed by atoms with Gasteiger partial charge in [0.2, 0.25) is 5.82 Å². The van der Waals surface area contributed by atoms with E-state index in [1.165, 1.54) is 12.1 Å². The summed E-state index contributed by atoms with van der Waals surface area (Å²) in [6.07, 6.45) is -0.394. The molecule has 1 heterocycles. The van der Waals surface area contributed by atoms with Crippen LogP contribution in [0.25, 0.3) is 11.4 Å². The summed E-state index contributed by atoms with van der Waals surface area (Å²) in [4.78, 5) is 4.43. The highest BCUT2D eigenvalue weighted by atomic mass is 79.9. The first-order chi connectivity index (χ1) is 14.6. The lowest BCUT2D eigenvalue weighted by Gasteiger charge is -2.10. The first-order valence-corrected chi connectivity index (χ1v) is 10.1. The van der Waals surface area contributed by atoms with Crippen molar-refractivity contribution in [1.29, 1.82) is 0 Å². The van der Waals surface area contributed by atoms with Crippen molar-refractivity contribution in [2.45, 2.75) is 19.6 Å². The van der Waals surface area contributed by atoms with E-state index in [1.54, 1.807) is 6.07 Å². The Labute approximate surface area is 181 Å². The molecule has 5 nitrogen and oxygen atoms in total. The molecule has 4 rings (SSSR count). The van der Waals surface area contributed by atoms with Crippen LogP contribution in [0.15, 0.2) is 81.8 Å². The van der Waals surface area contributed by atoms with Gasteiger partial charge in [-0.05, 0) is 67.1 Å². The van der Waals surface area contributed by atoms with Crippen LogP contribution in [-0.2, 0) is 6.61 Å². The van der Waals surface area contributed by atoms with Gasteiger partial charge in [0.25, 0.3) is 5.89 Å². The second-order valence-electron chi connectivity index (χ2n) is 6.62. The largest absolute Gasteiger partial charge is 0.489 e. The van der Waals surface area contributed by atoms with Gasteiger partial charge in [-0.25, -0.2) is 4.39 Å². The van der Waals surface area contributed by atoms with E-state index < -0.39 is 6.10 Å². The highest BCUT2D eigenvalue weighted by Gasteiger charge is 2.17. The number of hydrogen-bond donors (Lipinski definition) is 0. The summed E-state index contributed by atoms with van der Waals surface area (Å²) in [5, 5.41) is 4.04. The van der Waals surface area contributed by atoms with Crippen LogP contribution in [0.3, 0.4) is 0 Å². The third kappa shape index (κ3) is 5.04. The first kappa shape index (κ1) is 20.1. The highest BCUT2D eigenvalue weighted by Crippen LogP contribution is 2.26. The summed E-state index contributed by atoms with van der Waals surface area (Å²) in [6, 6.07) is 21.2. The monoisotopic (exact) mass is 468 g/mol. The van der Waals surface area contributed by atoms with Gasteiger partial charge in [-0.1, -0.05) is 39.3 Å². The summed E-state index contributed by atoms with van der Waals surface area (Å²) in [7, 11) is 0. The van der Waals surface area contributed by atoms with Gasteiger partial charge in [-0.3, -0.25) is 0 Å². The lowest BCUT2D eigenvalue weighted by molar-refractivity contribution is 0.175. The Kier molecular flexibility index (Phi) is 6.09. The zero-order valence-corrected chi connectivity index (χ0v) is 17.7. The molecule has 0 aliphatic rings. The molecule has 0 spiro atoms. The minimum atomic E-state index is -0.394. The first-order valence-electron chi connectivity index (χ1n) is 9.30. The lowest BCUT2D eigenvalue weighted by Crippen LogP contribution is -2.03. The molecule has 7 heteroatoms. The maximum atomic E-state index is 13.2. The van der Waals surface area contributed by atoms with Crippen molar-refractivity contribution in [1.82, 2.24) is 10.1 Å². The van der Waals surface area contributed by atoms with Gasteiger partial charge in [0.05, 0.1) is 0 Å². The summed E-state index contributed by atoms with van der Waals surface area (Å²) in [6.45, 7) is 2.13. The number of rotatable bonds is 7. The van der Waals surface area contributed by atoms with Crippen molar-refractivity contribution in [3.63, 3.8) is 0 Å². The summed E-state index contributed by atoms with van der Waals surface area (Å²) >= 11 is 3.42. The van der Waals surface area contributed by atoms with Gasteiger partial charge in [-0.2, -0.15) is 4.98 Å². The predicted molar refractivity (Wildman–Crippen MR) is 114 cm³/mol. The van der Waals surface area contributed by atoms with Gasteiger partial charge in [0.1, 0.15) is 23.9 Å². The van der Waals surface area contributed by atoms with E-state index in [4.69, 9.17) is 14.0 Å². The molecule has 0 bridgehead atoms. The van der Waals surface area contributed by atoms with Crippen LogP contribution in [0.5, 0.6) is 11.5 Å². The molecule has 152 valence electrons. The molecule has 0 aliphatic heterocycles. The Hall–Kier alpha value is -3.19. The maximum Gasteiger partial charge on any atom is 0.267 e. The van der Waals surface area contributed by atoms with E-state index in [1.807, 2.05) is 61.5 Å². The lowest BCUT2D eigenvalue weighted by atomic mass is 10.2. The quantitative estimate of drug-likeness (QED) is 0.315. The van der Waals surface area contributed by atoms with E-state index in [-0.39, 0.29) is 12.4 Å². The third-order valence-corrected chi connectivity index (χ3v) is 4.80. The fourth-order valence-electron chi connectivity index (χ4n) is 2.81. The van der Waals surface area contributed by atoms with Crippen LogP contribution in [0.2, 0.25) is 0 Å². The number of benzene rings is 3. The topological polar surface area (TPSA) is 57.4 Å². The van der Waals surface area contributed by atoms with E-state index in [2.05, 4.69) is 26.1 Å². The Morgan fingerprint density at radius 1 is 1.00 bits per heavy atom. The molecule has 0 N–H and O–H groups in total. The van der Waals surface area contributed by atoms with Gasteiger partial charge < -0.3 is 14.0 Å². The normalized spacial score (nSPS) is 11.8. The average Bonchev–Trinajstić information content (AvgIpc) is 3.23. The van der Waals surface area contributed by atoms with E-state index in [9.17, 15) is 4.39 Å². The minimum absolute atomic E-state index is 0.280. The Balaban J connectivity index is 1.39. The fraction of sp³-hybridized carbons (Fsp3) is 0.130. The molecule has 0 saturated carbocycles. The molecule has 0 fully saturated rings. The third-order valence-electron chi connectivity index (χ3n) is 4.31. The van der Waals surface area contributed by atoms with E-state index in [0.29, 0.717) is 23.2 Å². The molecule has 0 unspecified atom stereocenters. The summed E-state index contributed by atoms with van der Waals surface area (Å²) in [5.41, 5.74) is 1.55. The van der Waals surface area contributed by atoms with Crippen LogP contribution in [0.4, 0.5) is 4.39 Å². The van der Waals surface area contributed by atoms with Crippen molar-refractivity contribution < 1.29 is 18.4 Å². The smallest absolute Gasteiger partial charge is 0.267 e. The molecule has 3 aromatic carbocycles. The van der Waals surface area contributed by atoms with Crippen LogP contribution in [0, 0.1) is 5.82 Å². The molecule has 0 amide bonds. The van der Waals surface area contributed by atoms with Crippen molar-refractivity contribution in [3.05, 3.63) is 94.5 Å². The standard InChI is InChI=1S/C23H18BrFN2O3/c1-15(29-21-7-3-5-18(24)13-21)23-26-22(27-30-23)17-8-10-20(11-9-17)28-14-16-4-2-6-19(25)12-16/h2-13,15H,14H2,1H3/t15-/m1/s1. The number of hydrogen-bond acceptors (Lipinski definition) is 5. The van der Waals surface area contributed by atoms with Crippen LogP contribution in [0.1, 0.15) is 24.5 Å². The van der Waals surface area contributed by atoms with Crippen molar-refractivity contribution in [3.8, 4) is 22.9 Å². The van der Waals surface area contributed by atoms with Crippen LogP contribution < -0.4 is 9.47 Å². The van der Waals surface area contributed by atoms with Gasteiger partial charge in [0, 0.05) is 10.0 Å². The molecule has 0 aliphatic carbocycles. The number of halogens is 2. The zero-order chi connectivity index (χ0) is 20.9. The fourth-order valence-corrected chi connectivity index (χ4v) is 3.18. The van der Waals surface area contributed by atoms with Crippen molar-refractivity contribution in [2.75, 3.05) is 0 Å². The second-order valence-corrected chi connectivity index (χ2v) is 7.53. The SMILES string of the molecule is C[C@@H](Oc1cccc(Br)c1)c1nc(-c2ccc(OCc3cccc(F)c3)cc2)no1. The number of aromatic nitrogens is 2. The molecule has 1 aromatic heterocycles. The highest BCUT2D eigenvalue weighted by molar-refractivity contribution is 9.10. The van der Waals surface area contributed by atoms with Gasteiger partial charge >= 0.3 is 0 Å². The van der Waals surface area contributed by atoms with Crippen LogP contribution in [-0.4, -0.2) is 10.1 Å². The van der Waals surface area contributed by atoms with E-state index in [0.717, 1.165) is 15.6 Å². The molecule has 0 saturated heterocycles. The Morgan fingerprint density at radius 3 is 2.57 bits per heavy atom. The number of ether oxygens (including phenoxy) is 2. The average molecular weight is 469 g/mol. The summed E-state index contributed by atoms with van der Waals surface area (Å²) in [5.74, 6) is 1.94. The van der Waals surface area contributed by atoms with Crippen LogP contribution >= 0.6 is 15.9 Å². The summed E-state index contributed by atoms with van der Waals surface area (Å²) < 4.78 is 31.1. The van der Waals surface area contributed by atoms with Gasteiger partial charge in [0.15, 0.2) is 6.10 Å². The Bertz CT molecular complexity index is 1130. The van der Waals surface area contributed by atoms with E-state index >= 15 is 0 Å². The van der Waals surface area contributed by atoms with Crippen molar-refractivity contribution in [2.24, 2.45) is 0 Å². The minimum Gasteiger partial charge on any atom is -0.489 e. The maximum absolute atomic E-state index is 13.2. The van der Waals surface area contributed by atoms with Crippen molar-refractivity contribution >= 4 is 15.9 Å². The number of nitrogens with zero attached hydrogens (tertiary/aromatic N) is 2. The molecular formula is C23H18BrFN2O3. The molecule has 1 atom stereocenters. The zero-order valence-electron chi connectivity index (χ0n) is 16.1. The molecular weight excluding hydrogens is 451 g/mol. The van der Waals surface area contributed by atoms with Gasteiger partial charge in [-0.15, -0.1) is 0 Å². The Morgan fingerprint density at radius 2 is 1.80 bits per heavy atom. The molecule has 30 heavy (non-hydrogen) atoms. The molecule has 4 aromatic rings. The molecule has 0 radical (unpaired) electrons. The second kappa shape index (κ2) is 9.09. The predicted octanol–water partition coefficient (Wildman–Crippen LogP) is 6.36.